The van der Waals surface area contributed by atoms with Crippen LogP contribution in [0.25, 0.3) is 22.3 Å². The fraction of sp³-hybridized carbons (Fsp3) is 0.378. The van der Waals surface area contributed by atoms with E-state index >= 15 is 0 Å². The first-order valence-corrected chi connectivity index (χ1v) is 31.0. The molecule has 2 aromatic heterocycles. The van der Waals surface area contributed by atoms with Crippen molar-refractivity contribution in [3.05, 3.63) is 233 Å². The van der Waals surface area contributed by atoms with Crippen LogP contribution in [0.1, 0.15) is 146 Å². The molecule has 0 saturated heterocycles. The normalized spacial score (nSPS) is 21.1. The van der Waals surface area contributed by atoms with Gasteiger partial charge in [-0.05, 0) is 169 Å². The molecular weight excluding hydrogens is 1280 g/mol. The van der Waals surface area contributed by atoms with Gasteiger partial charge >= 0.3 is 12.4 Å². The Morgan fingerprint density at radius 1 is 0.573 bits per heavy atom. The summed E-state index contributed by atoms with van der Waals surface area (Å²) in [5.74, 6) is -9.06. The molecule has 2 aliphatic carbocycles. The summed E-state index contributed by atoms with van der Waals surface area (Å²) in [6.45, 7) is -14.9. The van der Waals surface area contributed by atoms with E-state index in [1.807, 2.05) is 0 Å². The van der Waals surface area contributed by atoms with E-state index in [4.69, 9.17) is 38.4 Å². The number of carbonyl (C=O) groups excluding carboxylic acids is 2. The number of aromatic nitrogens is 4. The van der Waals surface area contributed by atoms with Gasteiger partial charge in [0.1, 0.15) is 24.7 Å². The SMILES string of the molecule is [2H]c1c([2H])c(CSc2nc(=O)c3c(n2CC(=O)N(CCN(C([2H])([2H])C)C([2H])([2H])C)C([2H])([2H])c2c([2H])c([2H])c(-c4c([2H])c([2H])c(C(F)(F)F)c([2H])c4[2H])c([2H])c2C)CCC3)c([2H])c([2H])c1F.[2H]c1c([2H])c(CSc2nc(=O)c3c(n2CC(=O)N(CCN(C([2H])([2H])C)C([2H])([2H])C)C([2H])([2H])c2ccc(-c4ccc(C(F)(F)F)cc4)cc2)C([2H])([2H])C([2H])(C)C3([2H])[2H])c([2H])c([2H])c1F. The van der Waals surface area contributed by atoms with Gasteiger partial charge in [-0.15, -0.1) is 0 Å². The number of alkyl halides is 6. The highest BCUT2D eigenvalue weighted by Gasteiger charge is 2.33. The van der Waals surface area contributed by atoms with Crippen LogP contribution in [0.5, 0.6) is 0 Å². The zero-order chi connectivity index (χ0) is 97.2. The third kappa shape index (κ3) is 19.0. The lowest BCUT2D eigenvalue weighted by molar-refractivity contribution is -0.138. The molecule has 10 rings (SSSR count). The van der Waals surface area contributed by atoms with Crippen molar-refractivity contribution in [1.29, 1.82) is 0 Å². The minimum Gasteiger partial charge on any atom is -0.336 e. The maximum Gasteiger partial charge on any atom is 0.416 e. The number of amides is 2. The summed E-state index contributed by atoms with van der Waals surface area (Å²) in [6, 6.07) is -6.57. The molecule has 2 aliphatic rings. The predicted octanol–water partition coefficient (Wildman–Crippen LogP) is 15.0. The summed E-state index contributed by atoms with van der Waals surface area (Å²) in [5, 5.41) is -0.800. The van der Waals surface area contributed by atoms with Crippen LogP contribution in [-0.2, 0) is 85.1 Å². The zero-order valence-electron chi connectivity index (χ0n) is 83.9. The Hall–Kier alpha value is -7.92. The van der Waals surface area contributed by atoms with Crippen molar-refractivity contribution >= 4 is 35.3 Å². The Bertz CT molecular complexity index is 5710. The van der Waals surface area contributed by atoms with E-state index in [2.05, 4.69) is 9.97 Å². The van der Waals surface area contributed by atoms with Crippen molar-refractivity contribution in [1.82, 2.24) is 38.7 Å². The van der Waals surface area contributed by atoms with Crippen molar-refractivity contribution < 1.29 is 88.6 Å². The molecule has 1 atom stereocenters. The molecule has 96 heavy (non-hydrogen) atoms. The topological polar surface area (TPSA) is 117 Å². The second kappa shape index (κ2) is 32.9. The van der Waals surface area contributed by atoms with Gasteiger partial charge in [-0.1, -0.05) is 149 Å². The highest BCUT2D eigenvalue weighted by atomic mass is 32.2. The number of halogens is 8. The standard InChI is InChI=1S/2C37H40F4N4O2S/c1-4-43(5-2)18-19-44(22-26-6-10-28(11-7-26)29-12-14-30(15-13-29)37(39,40)41)34(46)23-45-33-21-25(3)20-32(33)35(47)42-36(45)48-24-27-8-16-31(38)17-9-27;1-4-43(5-2)19-20-44(22-29-12-11-28(21-25(29)3)27-13-15-30(16-14-27)37(39,40)41)34(46)23-45-33-8-6-7-32(33)35(47)42-36(45)48-24-26-9-17-31(38)18-10-26/h6-17,25H,4-5,18-24H2,1-3H3;9-18,21H,4-8,19-20,22-24H2,1-3H3/i4D2,5D2,8D,9D,16D,17D,20D2,21D2,22D2,25D;4D2,5D2,9D,10D,11D,12D,13D,14D,15D,16D,17D,18D,21D,22D2. The molecule has 0 saturated carbocycles. The lowest BCUT2D eigenvalue weighted by atomic mass is 9.98. The number of fused-ring (bicyclic) bond motifs is 2. The Labute approximate surface area is 608 Å². The molecule has 6 aromatic carbocycles. The molecule has 12 nitrogen and oxygen atoms in total. The zero-order valence-corrected chi connectivity index (χ0v) is 53.6. The first-order valence-electron chi connectivity index (χ1n) is 45.1. The van der Waals surface area contributed by atoms with Gasteiger partial charge in [-0.3, -0.25) is 19.2 Å². The maximum absolute atomic E-state index is 14.8. The van der Waals surface area contributed by atoms with Crippen molar-refractivity contribution in [2.75, 3.05) is 52.2 Å². The minimum atomic E-state index is -5.34. The molecule has 8 aromatic rings. The molecule has 1 unspecified atom stereocenters. The van der Waals surface area contributed by atoms with E-state index in [0.29, 0.717) is 60.7 Å². The highest BCUT2D eigenvalue weighted by molar-refractivity contribution is 7.98. The summed E-state index contributed by atoms with van der Waals surface area (Å²) >= 11 is 1.14. The Kier molecular flexibility index (Phi) is 13.9. The molecule has 2 amide bonds. The van der Waals surface area contributed by atoms with Gasteiger partial charge in [-0.25, -0.2) is 8.78 Å². The maximum atomic E-state index is 14.8. The van der Waals surface area contributed by atoms with Crippen LogP contribution in [0.2, 0.25) is 0 Å². The molecule has 22 heteroatoms. The van der Waals surface area contributed by atoms with E-state index in [-0.39, 0.29) is 40.4 Å². The molecule has 0 spiro atoms. The Morgan fingerprint density at radius 2 is 1.04 bits per heavy atom. The van der Waals surface area contributed by atoms with Gasteiger partial charge in [0.05, 0.1) is 37.2 Å². The number of likely N-dealkylation sites (N-methyl/N-ethyl adjacent to an activating group) is 2. The lowest BCUT2D eigenvalue weighted by Gasteiger charge is -2.28. The number of carbonyl (C=O) groups is 2. The molecule has 0 fully saturated rings. The summed E-state index contributed by atoms with van der Waals surface area (Å²) in [5.41, 5.74) is -9.61. The van der Waals surface area contributed by atoms with Gasteiger partial charge in [-0.2, -0.15) is 36.3 Å². The molecule has 0 aliphatic heterocycles. The van der Waals surface area contributed by atoms with Crippen LogP contribution in [0, 0.1) is 24.5 Å². The second-order valence-electron chi connectivity index (χ2n) is 20.8. The molecule has 0 N–H and O–H groups in total. The fourth-order valence-electron chi connectivity index (χ4n) is 9.55. The first kappa shape index (κ1) is 40.7. The Balaban J connectivity index is 0.000000289. The minimum absolute atomic E-state index is 0.195. The summed E-state index contributed by atoms with van der Waals surface area (Å²) in [7, 11) is 0. The highest BCUT2D eigenvalue weighted by Crippen LogP contribution is 2.35. The number of benzene rings is 6. The van der Waals surface area contributed by atoms with Gasteiger partial charge in [0.25, 0.3) is 11.1 Å². The summed E-state index contributed by atoms with van der Waals surface area (Å²) in [4.78, 5) is 66.8. The average Bonchev–Trinajstić information content (AvgIpc) is 1.53. The molecule has 0 bridgehead atoms. The van der Waals surface area contributed by atoms with E-state index < -0.39 is 301 Å². The van der Waals surface area contributed by atoms with Crippen molar-refractivity contribution in [2.45, 2.75) is 134 Å². The Morgan fingerprint density at radius 3 is 1.54 bits per heavy atom. The number of rotatable bonds is 26. The van der Waals surface area contributed by atoms with Gasteiger partial charge < -0.3 is 28.7 Å². The number of nitrogens with zero attached hydrogens (tertiary/aromatic N) is 8. The smallest absolute Gasteiger partial charge is 0.336 e. The number of hydrogen-bond donors (Lipinski definition) is 0. The monoisotopic (exact) mass is 1390 g/mol. The molecule has 2 heterocycles. The third-order valence-corrected chi connectivity index (χ3v) is 16.4. The summed E-state index contributed by atoms with van der Waals surface area (Å²) in [6.07, 6.45) is -15.2. The van der Waals surface area contributed by atoms with Gasteiger partial charge in [0.2, 0.25) is 11.8 Å². The van der Waals surface area contributed by atoms with E-state index in [9.17, 15) is 59.8 Å². The fourth-order valence-corrected chi connectivity index (χ4v) is 11.3. The predicted molar refractivity (Wildman–Crippen MR) is 362 cm³/mol. The largest absolute Gasteiger partial charge is 0.416 e. The lowest BCUT2D eigenvalue weighted by Crippen LogP contribution is -2.40. The van der Waals surface area contributed by atoms with Crippen LogP contribution in [0.3, 0.4) is 0 Å². The molecular formula is C74H80F8N8O4S2. The molecule has 0 radical (unpaired) electrons. The van der Waals surface area contributed by atoms with Crippen molar-refractivity contribution in [3.8, 4) is 22.3 Å². The van der Waals surface area contributed by atoms with Gasteiger partial charge in [0, 0.05) is 91.0 Å². The van der Waals surface area contributed by atoms with E-state index in [0.717, 1.165) is 58.2 Å². The van der Waals surface area contributed by atoms with Crippen LogP contribution < -0.4 is 11.1 Å². The summed E-state index contributed by atoms with van der Waals surface area (Å²) < 4.78 is 384. The second-order valence-corrected chi connectivity index (χ2v) is 22.7. The van der Waals surface area contributed by atoms with Crippen LogP contribution in [0.15, 0.2) is 159 Å². The van der Waals surface area contributed by atoms with Crippen LogP contribution in [-0.4, -0.2) is 103 Å². The average molecular weight is 1390 g/mol. The third-order valence-electron chi connectivity index (χ3n) is 14.4. The van der Waals surface area contributed by atoms with Gasteiger partial charge in [0.15, 0.2) is 10.3 Å². The number of thioether (sulfide) groups is 2. The first-order chi connectivity index (χ1) is 58.3. The number of hydrogen-bond acceptors (Lipinski definition) is 10. The molecule has 508 valence electrons. The van der Waals surface area contributed by atoms with E-state index in [1.165, 1.54) is 41.0 Å². The van der Waals surface area contributed by atoms with E-state index in [1.54, 1.807) is 0 Å². The van der Waals surface area contributed by atoms with Crippen molar-refractivity contribution in [2.24, 2.45) is 5.89 Å². The van der Waals surface area contributed by atoms with Crippen LogP contribution >= 0.6 is 23.5 Å². The quantitative estimate of drug-likeness (QED) is 0.0295. The van der Waals surface area contributed by atoms with Crippen molar-refractivity contribution in [3.63, 3.8) is 0 Å². The van der Waals surface area contributed by atoms with Crippen LogP contribution in [0.4, 0.5) is 35.1 Å².